The van der Waals surface area contributed by atoms with Crippen molar-refractivity contribution in [3.63, 3.8) is 0 Å². The van der Waals surface area contributed by atoms with Gasteiger partial charge in [-0.1, -0.05) is 35.5 Å². The Kier molecular flexibility index (Phi) is 5.91. The summed E-state index contributed by atoms with van der Waals surface area (Å²) in [5, 5.41) is 6.92. The molecule has 1 N–H and O–H groups in total. The van der Waals surface area contributed by atoms with Crippen molar-refractivity contribution < 1.29 is 14.1 Å². The molecule has 7 nitrogen and oxygen atoms in total. The van der Waals surface area contributed by atoms with E-state index in [1.54, 1.807) is 11.9 Å². The number of carbonyl (C=O) groups is 2. The summed E-state index contributed by atoms with van der Waals surface area (Å²) in [6, 6.07) is 11.3. The van der Waals surface area contributed by atoms with Gasteiger partial charge in [0.2, 0.25) is 11.8 Å². The first-order valence-electron chi connectivity index (χ1n) is 9.24. The van der Waals surface area contributed by atoms with E-state index in [2.05, 4.69) is 15.4 Å². The lowest BCUT2D eigenvalue weighted by atomic mass is 10.1. The SMILES string of the molecule is CC(C)N1CCNC(=O)C1CC(=O)N(C)Cc1cc(-c2ccccc2)on1. The fraction of sp³-hybridized carbons (Fsp3) is 0.450. The van der Waals surface area contributed by atoms with Crippen LogP contribution in [0, 0.1) is 0 Å². The van der Waals surface area contributed by atoms with Gasteiger partial charge >= 0.3 is 0 Å². The Morgan fingerprint density at radius 2 is 2.11 bits per heavy atom. The van der Waals surface area contributed by atoms with Crippen molar-refractivity contribution in [2.75, 3.05) is 20.1 Å². The summed E-state index contributed by atoms with van der Waals surface area (Å²) in [7, 11) is 1.72. The van der Waals surface area contributed by atoms with E-state index in [4.69, 9.17) is 4.52 Å². The third-order valence-corrected chi connectivity index (χ3v) is 4.85. The zero-order chi connectivity index (χ0) is 19.4. The van der Waals surface area contributed by atoms with Crippen LogP contribution in [0.15, 0.2) is 40.9 Å². The van der Waals surface area contributed by atoms with E-state index in [1.165, 1.54) is 0 Å². The predicted octanol–water partition coefficient (Wildman–Crippen LogP) is 1.90. The van der Waals surface area contributed by atoms with Crippen molar-refractivity contribution in [3.05, 3.63) is 42.1 Å². The molecule has 1 atom stereocenters. The summed E-state index contributed by atoms with van der Waals surface area (Å²) in [5.74, 6) is 0.501. The molecule has 2 aromatic rings. The smallest absolute Gasteiger partial charge is 0.237 e. The topological polar surface area (TPSA) is 78.7 Å². The Labute approximate surface area is 159 Å². The molecule has 144 valence electrons. The van der Waals surface area contributed by atoms with E-state index >= 15 is 0 Å². The average molecular weight is 370 g/mol. The van der Waals surface area contributed by atoms with E-state index in [0.29, 0.717) is 24.5 Å². The molecule has 27 heavy (non-hydrogen) atoms. The minimum Gasteiger partial charge on any atom is -0.356 e. The minimum atomic E-state index is -0.425. The third kappa shape index (κ3) is 4.54. The molecule has 0 saturated carbocycles. The Hall–Kier alpha value is -2.67. The number of hydrogen-bond acceptors (Lipinski definition) is 5. The van der Waals surface area contributed by atoms with E-state index < -0.39 is 6.04 Å². The van der Waals surface area contributed by atoms with Crippen molar-refractivity contribution >= 4 is 11.8 Å². The fourth-order valence-electron chi connectivity index (χ4n) is 3.34. The highest BCUT2D eigenvalue weighted by Crippen LogP contribution is 2.21. The molecular weight excluding hydrogens is 344 g/mol. The lowest BCUT2D eigenvalue weighted by molar-refractivity contribution is -0.139. The number of carbonyl (C=O) groups excluding carboxylic acids is 2. The van der Waals surface area contributed by atoms with Crippen LogP contribution in [-0.2, 0) is 16.1 Å². The van der Waals surface area contributed by atoms with Crippen LogP contribution in [0.1, 0.15) is 26.0 Å². The lowest BCUT2D eigenvalue weighted by Crippen LogP contribution is -2.58. The highest BCUT2D eigenvalue weighted by atomic mass is 16.5. The van der Waals surface area contributed by atoms with Crippen LogP contribution in [0.2, 0.25) is 0 Å². The molecule has 0 aliphatic carbocycles. The standard InChI is InChI=1S/C20H26N4O3/c1-14(2)24-10-9-21-20(26)17(24)12-19(25)23(3)13-16-11-18(27-22-16)15-7-5-4-6-8-15/h4-8,11,14,17H,9-10,12-13H2,1-3H3,(H,21,26). The summed E-state index contributed by atoms with van der Waals surface area (Å²) in [6.45, 7) is 5.80. The fourth-order valence-corrected chi connectivity index (χ4v) is 3.34. The maximum absolute atomic E-state index is 12.7. The van der Waals surface area contributed by atoms with Crippen LogP contribution in [0.25, 0.3) is 11.3 Å². The Bertz CT molecular complexity index is 788. The monoisotopic (exact) mass is 370 g/mol. The van der Waals surface area contributed by atoms with Gasteiger partial charge in [-0.15, -0.1) is 0 Å². The van der Waals surface area contributed by atoms with Crippen molar-refractivity contribution in [2.45, 2.75) is 38.9 Å². The van der Waals surface area contributed by atoms with Crippen LogP contribution in [0.3, 0.4) is 0 Å². The average Bonchev–Trinajstić information content (AvgIpc) is 3.12. The van der Waals surface area contributed by atoms with Gasteiger partial charge in [-0.3, -0.25) is 14.5 Å². The number of nitrogens with zero attached hydrogens (tertiary/aromatic N) is 3. The summed E-state index contributed by atoms with van der Waals surface area (Å²) in [4.78, 5) is 28.6. The van der Waals surface area contributed by atoms with Gasteiger partial charge in [0.15, 0.2) is 5.76 Å². The highest BCUT2D eigenvalue weighted by Gasteiger charge is 2.33. The number of rotatable bonds is 6. The first-order chi connectivity index (χ1) is 13.0. The van der Waals surface area contributed by atoms with Crippen molar-refractivity contribution in [2.24, 2.45) is 0 Å². The second-order valence-electron chi connectivity index (χ2n) is 7.14. The van der Waals surface area contributed by atoms with Gasteiger partial charge in [0.1, 0.15) is 5.69 Å². The molecule has 2 amide bonds. The summed E-state index contributed by atoms with van der Waals surface area (Å²) >= 11 is 0. The number of aromatic nitrogens is 1. The number of nitrogens with one attached hydrogen (secondary N) is 1. The van der Waals surface area contributed by atoms with Gasteiger partial charge < -0.3 is 14.7 Å². The van der Waals surface area contributed by atoms with Gasteiger partial charge in [0.05, 0.1) is 19.0 Å². The molecular formula is C20H26N4O3. The summed E-state index contributed by atoms with van der Waals surface area (Å²) in [5.41, 5.74) is 1.62. The van der Waals surface area contributed by atoms with Gasteiger partial charge in [0.25, 0.3) is 0 Å². The molecule has 0 spiro atoms. The van der Waals surface area contributed by atoms with E-state index in [9.17, 15) is 9.59 Å². The molecule has 0 bridgehead atoms. The largest absolute Gasteiger partial charge is 0.356 e. The number of piperazine rings is 1. The molecule has 1 aliphatic heterocycles. The molecule has 3 rings (SSSR count). The summed E-state index contributed by atoms with van der Waals surface area (Å²) in [6.07, 6.45) is 0.157. The number of hydrogen-bond donors (Lipinski definition) is 1. The summed E-state index contributed by atoms with van der Waals surface area (Å²) < 4.78 is 5.39. The zero-order valence-electron chi connectivity index (χ0n) is 16.0. The van der Waals surface area contributed by atoms with Gasteiger partial charge in [-0.05, 0) is 13.8 Å². The molecule has 1 aromatic carbocycles. The minimum absolute atomic E-state index is 0.0792. The predicted molar refractivity (Wildman–Crippen MR) is 102 cm³/mol. The molecule has 1 unspecified atom stereocenters. The Balaban J connectivity index is 1.62. The molecule has 0 radical (unpaired) electrons. The second-order valence-corrected chi connectivity index (χ2v) is 7.14. The molecule has 2 heterocycles. The van der Waals surface area contributed by atoms with Gasteiger partial charge in [-0.2, -0.15) is 0 Å². The van der Waals surface area contributed by atoms with Crippen LogP contribution in [-0.4, -0.2) is 59.0 Å². The third-order valence-electron chi connectivity index (χ3n) is 4.85. The quantitative estimate of drug-likeness (QED) is 0.840. The first-order valence-corrected chi connectivity index (χ1v) is 9.24. The molecule has 1 aromatic heterocycles. The molecule has 1 saturated heterocycles. The van der Waals surface area contributed by atoms with Crippen LogP contribution in [0.4, 0.5) is 0 Å². The van der Waals surface area contributed by atoms with Gasteiger partial charge in [-0.25, -0.2) is 0 Å². The lowest BCUT2D eigenvalue weighted by Gasteiger charge is -2.38. The van der Waals surface area contributed by atoms with Crippen LogP contribution >= 0.6 is 0 Å². The molecule has 7 heteroatoms. The maximum Gasteiger partial charge on any atom is 0.237 e. The van der Waals surface area contributed by atoms with Crippen molar-refractivity contribution in [3.8, 4) is 11.3 Å². The van der Waals surface area contributed by atoms with Crippen LogP contribution < -0.4 is 5.32 Å². The van der Waals surface area contributed by atoms with Crippen molar-refractivity contribution in [1.82, 2.24) is 20.3 Å². The Morgan fingerprint density at radius 1 is 1.37 bits per heavy atom. The first kappa shape index (κ1) is 19.1. The second kappa shape index (κ2) is 8.35. The van der Waals surface area contributed by atoms with E-state index in [0.717, 1.165) is 12.1 Å². The van der Waals surface area contributed by atoms with Crippen LogP contribution in [0.5, 0.6) is 0 Å². The molecule has 1 fully saturated rings. The normalized spacial score (nSPS) is 17.8. The number of amides is 2. The van der Waals surface area contributed by atoms with Crippen molar-refractivity contribution in [1.29, 1.82) is 0 Å². The number of benzene rings is 1. The van der Waals surface area contributed by atoms with E-state index in [1.807, 2.05) is 50.2 Å². The highest BCUT2D eigenvalue weighted by molar-refractivity contribution is 5.88. The molecule has 1 aliphatic rings. The maximum atomic E-state index is 12.7. The van der Waals surface area contributed by atoms with E-state index in [-0.39, 0.29) is 24.3 Å². The Morgan fingerprint density at radius 3 is 2.81 bits per heavy atom. The van der Waals surface area contributed by atoms with Gasteiger partial charge in [0, 0.05) is 37.8 Å². The zero-order valence-corrected chi connectivity index (χ0v) is 16.0.